The normalized spacial score (nSPS) is 20.9. The second kappa shape index (κ2) is 5.74. The molecule has 1 aliphatic rings. The Bertz CT molecular complexity index is 418. The van der Waals surface area contributed by atoms with Crippen LogP contribution >= 0.6 is 0 Å². The lowest BCUT2D eigenvalue weighted by Gasteiger charge is -2.36. The summed E-state index contributed by atoms with van der Waals surface area (Å²) in [4.78, 5) is 11.4. The summed E-state index contributed by atoms with van der Waals surface area (Å²) in [5.41, 5.74) is 1.24. The van der Waals surface area contributed by atoms with Crippen LogP contribution in [0.4, 0.5) is 0 Å². The second-order valence-electron chi connectivity index (χ2n) is 6.29. The maximum atomic E-state index is 11.4. The number of hydrogen-bond acceptors (Lipinski definition) is 2. The number of carboxylic acids is 1. The minimum absolute atomic E-state index is 0.314. The second-order valence-corrected chi connectivity index (χ2v) is 6.29. The average molecular weight is 261 g/mol. The lowest BCUT2D eigenvalue weighted by Crippen LogP contribution is -2.40. The minimum atomic E-state index is -0.795. The zero-order chi connectivity index (χ0) is 13.9. The van der Waals surface area contributed by atoms with Crippen LogP contribution in [0.15, 0.2) is 30.3 Å². The Morgan fingerprint density at radius 2 is 1.84 bits per heavy atom. The van der Waals surface area contributed by atoms with Gasteiger partial charge in [0.2, 0.25) is 0 Å². The van der Waals surface area contributed by atoms with Gasteiger partial charge in [0.1, 0.15) is 6.04 Å². The van der Waals surface area contributed by atoms with Gasteiger partial charge in [-0.15, -0.1) is 0 Å². The van der Waals surface area contributed by atoms with Crippen molar-refractivity contribution < 1.29 is 9.90 Å². The van der Waals surface area contributed by atoms with Gasteiger partial charge in [-0.1, -0.05) is 44.2 Å². The molecule has 1 aromatic rings. The van der Waals surface area contributed by atoms with E-state index in [2.05, 4.69) is 19.2 Å². The molecule has 1 unspecified atom stereocenters. The van der Waals surface area contributed by atoms with Crippen LogP contribution in [0.5, 0.6) is 0 Å². The molecular formula is C16H23NO2. The molecule has 1 atom stereocenters. The van der Waals surface area contributed by atoms with Crippen molar-refractivity contribution in [2.45, 2.75) is 51.6 Å². The van der Waals surface area contributed by atoms with Crippen molar-refractivity contribution in [3.63, 3.8) is 0 Å². The standard InChI is InChI=1S/C16H23NO2/c1-16(2)10-8-13(9-11-16)17-14(15(18)19)12-6-4-3-5-7-12/h3-7,13-14,17H,8-11H2,1-2H3,(H,18,19). The molecule has 0 spiro atoms. The van der Waals surface area contributed by atoms with E-state index in [4.69, 9.17) is 0 Å². The maximum absolute atomic E-state index is 11.4. The van der Waals surface area contributed by atoms with Crippen LogP contribution in [0.3, 0.4) is 0 Å². The maximum Gasteiger partial charge on any atom is 0.325 e. The van der Waals surface area contributed by atoms with E-state index in [9.17, 15) is 9.90 Å². The molecule has 0 aromatic heterocycles. The topological polar surface area (TPSA) is 49.3 Å². The Morgan fingerprint density at radius 1 is 1.26 bits per heavy atom. The molecule has 3 nitrogen and oxygen atoms in total. The van der Waals surface area contributed by atoms with E-state index < -0.39 is 12.0 Å². The molecule has 2 N–H and O–H groups in total. The first kappa shape index (κ1) is 14.1. The van der Waals surface area contributed by atoms with E-state index in [0.29, 0.717) is 11.5 Å². The van der Waals surface area contributed by atoms with E-state index in [0.717, 1.165) is 31.2 Å². The monoisotopic (exact) mass is 261 g/mol. The zero-order valence-corrected chi connectivity index (χ0v) is 11.7. The van der Waals surface area contributed by atoms with Crippen molar-refractivity contribution in [3.05, 3.63) is 35.9 Å². The van der Waals surface area contributed by atoms with Gasteiger partial charge in [-0.3, -0.25) is 10.1 Å². The van der Waals surface area contributed by atoms with Crippen LogP contribution in [0.1, 0.15) is 51.1 Å². The third-order valence-electron chi connectivity index (χ3n) is 4.12. The highest BCUT2D eigenvalue weighted by molar-refractivity contribution is 5.75. The largest absolute Gasteiger partial charge is 0.480 e. The van der Waals surface area contributed by atoms with Gasteiger partial charge in [0.15, 0.2) is 0 Å². The van der Waals surface area contributed by atoms with Crippen LogP contribution in [-0.4, -0.2) is 17.1 Å². The number of benzene rings is 1. The number of aliphatic carboxylic acids is 1. The molecule has 3 heteroatoms. The van der Waals surface area contributed by atoms with Crippen LogP contribution in [0, 0.1) is 5.41 Å². The zero-order valence-electron chi connectivity index (χ0n) is 11.7. The van der Waals surface area contributed by atoms with E-state index >= 15 is 0 Å². The predicted octanol–water partition coefficient (Wildman–Crippen LogP) is 3.37. The molecule has 1 fully saturated rings. The van der Waals surface area contributed by atoms with Crippen LogP contribution < -0.4 is 5.32 Å². The Kier molecular flexibility index (Phi) is 4.25. The number of nitrogens with one attached hydrogen (secondary N) is 1. The predicted molar refractivity (Wildman–Crippen MR) is 76.0 cm³/mol. The van der Waals surface area contributed by atoms with Gasteiger partial charge < -0.3 is 5.11 Å². The van der Waals surface area contributed by atoms with Crippen molar-refractivity contribution in [1.82, 2.24) is 5.32 Å². The molecule has 19 heavy (non-hydrogen) atoms. The third kappa shape index (κ3) is 3.80. The Hall–Kier alpha value is -1.35. The molecule has 0 heterocycles. The number of carboxylic acid groups (broad SMARTS) is 1. The molecule has 0 amide bonds. The van der Waals surface area contributed by atoms with Crippen LogP contribution in [0.2, 0.25) is 0 Å². The molecule has 1 aromatic carbocycles. The Morgan fingerprint density at radius 3 is 2.37 bits per heavy atom. The van der Waals surface area contributed by atoms with Gasteiger partial charge in [-0.25, -0.2) is 0 Å². The number of rotatable bonds is 4. The Balaban J connectivity index is 2.01. The fraction of sp³-hybridized carbons (Fsp3) is 0.562. The number of hydrogen-bond donors (Lipinski definition) is 2. The molecule has 0 radical (unpaired) electrons. The summed E-state index contributed by atoms with van der Waals surface area (Å²) in [5, 5.41) is 12.7. The summed E-state index contributed by atoms with van der Waals surface area (Å²) in [5.74, 6) is -0.795. The van der Waals surface area contributed by atoms with Gasteiger partial charge in [0, 0.05) is 6.04 Å². The number of carbonyl (C=O) groups is 1. The fourth-order valence-corrected chi connectivity index (χ4v) is 2.76. The summed E-state index contributed by atoms with van der Waals surface area (Å²) >= 11 is 0. The highest BCUT2D eigenvalue weighted by Crippen LogP contribution is 2.35. The first-order valence-electron chi connectivity index (χ1n) is 7.02. The highest BCUT2D eigenvalue weighted by Gasteiger charge is 2.30. The third-order valence-corrected chi connectivity index (χ3v) is 4.12. The van der Waals surface area contributed by atoms with Gasteiger partial charge in [0.05, 0.1) is 0 Å². The molecule has 1 saturated carbocycles. The summed E-state index contributed by atoms with van der Waals surface area (Å²) in [7, 11) is 0. The first-order valence-corrected chi connectivity index (χ1v) is 7.02. The first-order chi connectivity index (χ1) is 8.98. The fourth-order valence-electron chi connectivity index (χ4n) is 2.76. The van der Waals surface area contributed by atoms with E-state index in [1.807, 2.05) is 30.3 Å². The molecule has 1 aliphatic carbocycles. The molecule has 0 aliphatic heterocycles. The summed E-state index contributed by atoms with van der Waals surface area (Å²) < 4.78 is 0. The van der Waals surface area contributed by atoms with Crippen molar-refractivity contribution in [3.8, 4) is 0 Å². The van der Waals surface area contributed by atoms with Crippen molar-refractivity contribution in [1.29, 1.82) is 0 Å². The lowest BCUT2D eigenvalue weighted by atomic mass is 9.75. The van der Waals surface area contributed by atoms with Crippen molar-refractivity contribution in [2.75, 3.05) is 0 Å². The minimum Gasteiger partial charge on any atom is -0.480 e. The molecule has 0 bridgehead atoms. The van der Waals surface area contributed by atoms with E-state index in [1.165, 1.54) is 0 Å². The molecule has 0 saturated heterocycles. The average Bonchev–Trinajstić information content (AvgIpc) is 2.38. The molecular weight excluding hydrogens is 238 g/mol. The van der Waals surface area contributed by atoms with Crippen molar-refractivity contribution in [2.24, 2.45) is 5.41 Å². The summed E-state index contributed by atoms with van der Waals surface area (Å²) in [6, 6.07) is 9.15. The van der Waals surface area contributed by atoms with Crippen LogP contribution in [0.25, 0.3) is 0 Å². The SMILES string of the molecule is CC1(C)CCC(NC(C(=O)O)c2ccccc2)CC1. The summed E-state index contributed by atoms with van der Waals surface area (Å²) in [6.45, 7) is 4.57. The van der Waals surface area contributed by atoms with Crippen molar-refractivity contribution >= 4 is 5.97 Å². The molecule has 104 valence electrons. The smallest absolute Gasteiger partial charge is 0.325 e. The van der Waals surface area contributed by atoms with E-state index in [-0.39, 0.29) is 0 Å². The lowest BCUT2D eigenvalue weighted by molar-refractivity contribution is -0.140. The van der Waals surface area contributed by atoms with Gasteiger partial charge >= 0.3 is 5.97 Å². The highest BCUT2D eigenvalue weighted by atomic mass is 16.4. The van der Waals surface area contributed by atoms with Gasteiger partial charge in [-0.2, -0.15) is 0 Å². The van der Waals surface area contributed by atoms with Gasteiger partial charge in [0.25, 0.3) is 0 Å². The van der Waals surface area contributed by atoms with Gasteiger partial charge in [-0.05, 0) is 36.7 Å². The molecule has 2 rings (SSSR count). The summed E-state index contributed by atoms with van der Waals surface area (Å²) in [6.07, 6.45) is 4.44. The van der Waals surface area contributed by atoms with E-state index in [1.54, 1.807) is 0 Å². The Labute approximate surface area is 115 Å². The van der Waals surface area contributed by atoms with Crippen LogP contribution in [-0.2, 0) is 4.79 Å². The quantitative estimate of drug-likeness (QED) is 0.873.